The number of aromatic nitrogens is 4. The minimum atomic E-state index is -4.40. The monoisotopic (exact) mass is 394 g/mol. The first kappa shape index (κ1) is 17.7. The molecule has 27 heavy (non-hydrogen) atoms. The number of halogens is 3. The summed E-state index contributed by atoms with van der Waals surface area (Å²) in [5, 5.41) is 4.03. The molecule has 10 heteroatoms. The maximum atomic E-state index is 12.7. The van der Waals surface area contributed by atoms with Crippen molar-refractivity contribution in [1.82, 2.24) is 19.7 Å². The van der Waals surface area contributed by atoms with Crippen LogP contribution in [0.4, 0.5) is 13.2 Å². The molecule has 0 aliphatic carbocycles. The van der Waals surface area contributed by atoms with Crippen LogP contribution in [0.15, 0.2) is 24.5 Å². The summed E-state index contributed by atoms with van der Waals surface area (Å²) in [4.78, 5) is 21.0. The molecule has 0 saturated carbocycles. The Labute approximate surface area is 155 Å². The van der Waals surface area contributed by atoms with Crippen LogP contribution in [0.2, 0.25) is 0 Å². The lowest BCUT2D eigenvalue weighted by Crippen LogP contribution is -2.19. The van der Waals surface area contributed by atoms with E-state index in [1.54, 1.807) is 18.2 Å². The molecule has 6 nitrogen and oxygen atoms in total. The van der Waals surface area contributed by atoms with E-state index < -0.39 is 12.7 Å². The van der Waals surface area contributed by atoms with Crippen molar-refractivity contribution in [2.45, 2.75) is 26.1 Å². The van der Waals surface area contributed by atoms with Crippen LogP contribution >= 0.6 is 11.3 Å². The summed E-state index contributed by atoms with van der Waals surface area (Å²) in [6, 6.07) is 5.10. The van der Waals surface area contributed by atoms with E-state index >= 15 is 0 Å². The maximum absolute atomic E-state index is 12.7. The predicted octanol–water partition coefficient (Wildman–Crippen LogP) is 3.77. The van der Waals surface area contributed by atoms with Gasteiger partial charge in [0.25, 0.3) is 0 Å². The molecule has 0 unspecified atom stereocenters. The molecular formula is C17H13F3N4O2S. The van der Waals surface area contributed by atoms with E-state index in [1.807, 2.05) is 0 Å². The smallest absolute Gasteiger partial charge is 0.408 e. The molecule has 0 amide bonds. The van der Waals surface area contributed by atoms with E-state index in [4.69, 9.17) is 4.74 Å². The Balaban J connectivity index is 1.77. The predicted molar refractivity (Wildman–Crippen MR) is 91.8 cm³/mol. The first-order chi connectivity index (χ1) is 12.8. The van der Waals surface area contributed by atoms with Gasteiger partial charge < -0.3 is 4.74 Å². The zero-order valence-electron chi connectivity index (χ0n) is 14.1. The number of carbonyl (C=O) groups is 1. The lowest BCUT2D eigenvalue weighted by molar-refractivity contribution is -0.142. The Kier molecular flexibility index (Phi) is 4.22. The Hall–Kier alpha value is -2.75. The normalized spacial score (nSPS) is 13.5. The molecule has 4 rings (SSSR count). The lowest BCUT2D eigenvalue weighted by atomic mass is 10.0. The highest BCUT2D eigenvalue weighted by Gasteiger charge is 2.31. The minimum Gasteiger partial charge on any atom is -0.492 e. The zero-order valence-corrected chi connectivity index (χ0v) is 14.9. The number of thiazole rings is 1. The average Bonchev–Trinajstić information content (AvgIpc) is 3.16. The molecule has 3 heterocycles. The number of fused-ring (bicyclic) bond motifs is 3. The van der Waals surface area contributed by atoms with E-state index in [1.165, 1.54) is 18.3 Å². The second-order valence-corrected chi connectivity index (χ2v) is 7.10. The van der Waals surface area contributed by atoms with Crippen LogP contribution in [0.25, 0.3) is 22.1 Å². The van der Waals surface area contributed by atoms with Crippen molar-refractivity contribution in [2.24, 2.45) is 0 Å². The van der Waals surface area contributed by atoms with Gasteiger partial charge in [0.2, 0.25) is 0 Å². The first-order valence-corrected chi connectivity index (χ1v) is 8.86. The van der Waals surface area contributed by atoms with Gasteiger partial charge in [0.05, 0.1) is 12.3 Å². The Morgan fingerprint density at radius 2 is 2.19 bits per heavy atom. The van der Waals surface area contributed by atoms with Gasteiger partial charge in [-0.2, -0.15) is 18.3 Å². The molecule has 1 aliphatic rings. The number of ketones is 1. The molecule has 0 radical (unpaired) electrons. The number of carbonyl (C=O) groups excluding carboxylic acids is 1. The van der Waals surface area contributed by atoms with E-state index in [0.717, 1.165) is 15.9 Å². The summed E-state index contributed by atoms with van der Waals surface area (Å²) in [7, 11) is 0. The molecule has 1 aromatic carbocycles. The van der Waals surface area contributed by atoms with Gasteiger partial charge in [-0.05, 0) is 19.1 Å². The van der Waals surface area contributed by atoms with Crippen molar-refractivity contribution in [3.63, 3.8) is 0 Å². The Morgan fingerprint density at radius 1 is 1.37 bits per heavy atom. The number of ether oxygens (including phenoxy) is 1. The summed E-state index contributed by atoms with van der Waals surface area (Å²) in [5.74, 6) is 0.536. The maximum Gasteiger partial charge on any atom is 0.408 e. The minimum absolute atomic E-state index is 0.0771. The second-order valence-electron chi connectivity index (χ2n) is 6.01. The highest BCUT2D eigenvalue weighted by molar-refractivity contribution is 7.15. The largest absolute Gasteiger partial charge is 0.492 e. The van der Waals surface area contributed by atoms with Crippen molar-refractivity contribution >= 4 is 17.1 Å². The molecule has 0 saturated heterocycles. The summed E-state index contributed by atoms with van der Waals surface area (Å²) < 4.78 is 44.8. The number of alkyl halides is 3. The number of hydrogen-bond donors (Lipinski definition) is 0. The number of Topliss-reactive ketones (excluding diaryl/α,β-unsaturated/α-hetero) is 1. The molecule has 0 N–H and O–H groups in total. The van der Waals surface area contributed by atoms with Gasteiger partial charge in [-0.1, -0.05) is 6.07 Å². The summed E-state index contributed by atoms with van der Waals surface area (Å²) in [5.41, 5.74) is 1.87. The first-order valence-electron chi connectivity index (χ1n) is 8.04. The van der Waals surface area contributed by atoms with Gasteiger partial charge in [0, 0.05) is 22.4 Å². The number of hydrogen-bond acceptors (Lipinski definition) is 6. The van der Waals surface area contributed by atoms with Gasteiger partial charge >= 0.3 is 6.18 Å². The van der Waals surface area contributed by atoms with Crippen LogP contribution in [0.3, 0.4) is 0 Å². The molecule has 2 aromatic heterocycles. The van der Waals surface area contributed by atoms with Crippen LogP contribution in [0.5, 0.6) is 5.75 Å². The van der Waals surface area contributed by atoms with Crippen molar-refractivity contribution < 1.29 is 22.7 Å². The third kappa shape index (κ3) is 3.44. The summed E-state index contributed by atoms with van der Waals surface area (Å²) >= 11 is 1.27. The lowest BCUT2D eigenvalue weighted by Gasteiger charge is -2.08. The third-order valence-electron chi connectivity index (χ3n) is 4.06. The molecule has 0 atom stereocenters. The van der Waals surface area contributed by atoms with E-state index in [-0.39, 0.29) is 11.6 Å². The molecule has 0 fully saturated rings. The fourth-order valence-corrected chi connectivity index (χ4v) is 3.91. The van der Waals surface area contributed by atoms with E-state index in [9.17, 15) is 18.0 Å². The number of nitrogens with zero attached hydrogens (tertiary/aromatic N) is 4. The summed E-state index contributed by atoms with van der Waals surface area (Å²) in [6.45, 7) is 0.630. The standard InChI is InChI=1S/C17H13F3N4O2S/c1-9(25)10-2-3-11-12(6-10)26-5-4-13-14(11)23-16(27-13)15-21-8-22-24(15)7-17(18,19)20/h2-3,6,8H,4-5,7H2,1H3. The van der Waals surface area contributed by atoms with Gasteiger partial charge in [0.1, 0.15) is 18.6 Å². The fraction of sp³-hybridized carbons (Fsp3) is 0.294. The van der Waals surface area contributed by atoms with Crippen LogP contribution in [0.1, 0.15) is 22.2 Å². The van der Waals surface area contributed by atoms with E-state index in [0.29, 0.717) is 40.6 Å². The third-order valence-corrected chi connectivity index (χ3v) is 5.17. The number of benzene rings is 1. The SMILES string of the molecule is CC(=O)c1ccc2c(c1)OCCc1sc(-c3ncnn3CC(F)(F)F)nc1-2. The van der Waals surface area contributed by atoms with Crippen LogP contribution in [0, 0.1) is 0 Å². The van der Waals surface area contributed by atoms with Crippen LogP contribution in [-0.2, 0) is 13.0 Å². The molecule has 3 aromatic rings. The van der Waals surface area contributed by atoms with Gasteiger partial charge in [-0.25, -0.2) is 14.6 Å². The van der Waals surface area contributed by atoms with Crippen LogP contribution < -0.4 is 4.74 Å². The highest BCUT2D eigenvalue weighted by atomic mass is 32.1. The second kappa shape index (κ2) is 6.45. The van der Waals surface area contributed by atoms with Gasteiger partial charge in [-0.3, -0.25) is 4.79 Å². The van der Waals surface area contributed by atoms with Gasteiger partial charge in [0.15, 0.2) is 16.6 Å². The molecule has 0 spiro atoms. The topological polar surface area (TPSA) is 69.9 Å². The van der Waals surface area contributed by atoms with Crippen molar-refractivity contribution in [2.75, 3.05) is 6.61 Å². The fourth-order valence-electron chi connectivity index (χ4n) is 2.85. The summed E-state index contributed by atoms with van der Waals surface area (Å²) in [6.07, 6.45) is -2.76. The quantitative estimate of drug-likeness (QED) is 0.633. The average molecular weight is 394 g/mol. The van der Waals surface area contributed by atoms with Crippen molar-refractivity contribution in [1.29, 1.82) is 0 Å². The molecule has 1 aliphatic heterocycles. The molecular weight excluding hydrogens is 381 g/mol. The Morgan fingerprint density at radius 3 is 2.93 bits per heavy atom. The molecule has 140 valence electrons. The number of rotatable bonds is 3. The highest BCUT2D eigenvalue weighted by Crippen LogP contribution is 2.40. The van der Waals surface area contributed by atoms with Crippen molar-refractivity contribution in [3.8, 4) is 27.8 Å². The molecule has 0 bridgehead atoms. The Bertz CT molecular complexity index is 1030. The van der Waals surface area contributed by atoms with Gasteiger partial charge in [-0.15, -0.1) is 11.3 Å². The van der Waals surface area contributed by atoms with Crippen LogP contribution in [-0.4, -0.2) is 38.3 Å². The van der Waals surface area contributed by atoms with Crippen molar-refractivity contribution in [3.05, 3.63) is 35.0 Å². The van der Waals surface area contributed by atoms with E-state index in [2.05, 4.69) is 15.1 Å². The zero-order chi connectivity index (χ0) is 19.2.